The van der Waals surface area contributed by atoms with E-state index in [1.807, 2.05) is 19.1 Å². The fourth-order valence-electron chi connectivity index (χ4n) is 1.32. The van der Waals surface area contributed by atoms with E-state index in [1.54, 1.807) is 0 Å². The maximum absolute atomic E-state index is 10.6. The maximum atomic E-state index is 10.6. The van der Waals surface area contributed by atoms with Crippen LogP contribution in [0.5, 0.6) is 0 Å². The Morgan fingerprint density at radius 2 is 2.33 bits per heavy atom. The molecule has 3 nitrogen and oxygen atoms in total. The van der Waals surface area contributed by atoms with E-state index in [1.165, 1.54) is 0 Å². The first-order chi connectivity index (χ1) is 5.62. The van der Waals surface area contributed by atoms with Crippen LogP contribution in [0.3, 0.4) is 0 Å². The summed E-state index contributed by atoms with van der Waals surface area (Å²) in [5, 5.41) is 8.70. The van der Waals surface area contributed by atoms with Gasteiger partial charge in [-0.15, -0.1) is 0 Å². The number of carboxylic acid groups (broad SMARTS) is 1. The highest BCUT2D eigenvalue weighted by Crippen LogP contribution is 2.49. The molecule has 1 aliphatic rings. The molecular formula is C9H15NO2. The molecule has 0 aliphatic heterocycles. The van der Waals surface area contributed by atoms with Crippen LogP contribution in [0, 0.1) is 5.41 Å². The highest BCUT2D eigenvalue weighted by Gasteiger charge is 2.48. The van der Waals surface area contributed by atoms with Gasteiger partial charge in [0.2, 0.25) is 0 Å². The molecule has 1 fully saturated rings. The van der Waals surface area contributed by atoms with Gasteiger partial charge in [0.15, 0.2) is 0 Å². The smallest absolute Gasteiger partial charge is 0.321 e. The molecule has 0 aromatic rings. The van der Waals surface area contributed by atoms with Gasteiger partial charge in [0, 0.05) is 5.41 Å². The average Bonchev–Trinajstić information content (AvgIpc) is 2.80. The molecule has 0 heterocycles. The molecule has 0 spiro atoms. The van der Waals surface area contributed by atoms with E-state index in [0.717, 1.165) is 19.3 Å². The third-order valence-electron chi connectivity index (χ3n) is 2.40. The van der Waals surface area contributed by atoms with Crippen molar-refractivity contribution in [3.05, 3.63) is 12.2 Å². The summed E-state index contributed by atoms with van der Waals surface area (Å²) in [6, 6.07) is -0.722. The van der Waals surface area contributed by atoms with Crippen LogP contribution in [0.1, 0.15) is 26.2 Å². The van der Waals surface area contributed by atoms with E-state index in [4.69, 9.17) is 10.8 Å². The van der Waals surface area contributed by atoms with Gasteiger partial charge in [-0.05, 0) is 19.3 Å². The Labute approximate surface area is 72.3 Å². The number of rotatable bonds is 4. The lowest BCUT2D eigenvalue weighted by atomic mass is 9.96. The topological polar surface area (TPSA) is 63.3 Å². The summed E-state index contributed by atoms with van der Waals surface area (Å²) < 4.78 is 0. The molecule has 0 amide bonds. The highest BCUT2D eigenvalue weighted by molar-refractivity contribution is 5.75. The van der Waals surface area contributed by atoms with E-state index in [9.17, 15) is 4.79 Å². The van der Waals surface area contributed by atoms with Crippen molar-refractivity contribution >= 4 is 5.97 Å². The summed E-state index contributed by atoms with van der Waals surface area (Å²) in [5.41, 5.74) is 5.33. The lowest BCUT2D eigenvalue weighted by Crippen LogP contribution is -2.38. The van der Waals surface area contributed by atoms with Gasteiger partial charge >= 0.3 is 5.97 Å². The van der Waals surface area contributed by atoms with E-state index < -0.39 is 12.0 Å². The average molecular weight is 169 g/mol. The Balaban J connectivity index is 2.60. The number of carboxylic acids is 1. The molecule has 1 aliphatic carbocycles. The Bertz CT molecular complexity index is 207. The van der Waals surface area contributed by atoms with Gasteiger partial charge in [-0.1, -0.05) is 19.1 Å². The summed E-state index contributed by atoms with van der Waals surface area (Å²) in [6.07, 6.45) is 6.73. The summed E-state index contributed by atoms with van der Waals surface area (Å²) >= 11 is 0. The summed E-state index contributed by atoms with van der Waals surface area (Å²) in [5.74, 6) is -0.895. The van der Waals surface area contributed by atoms with E-state index in [2.05, 4.69) is 0 Å². The predicted molar refractivity (Wildman–Crippen MR) is 46.7 cm³/mol. The number of carbonyl (C=O) groups is 1. The van der Waals surface area contributed by atoms with E-state index >= 15 is 0 Å². The largest absolute Gasteiger partial charge is 0.480 e. The lowest BCUT2D eigenvalue weighted by molar-refractivity contribution is -0.139. The Hall–Kier alpha value is -0.830. The van der Waals surface area contributed by atoms with Gasteiger partial charge in [-0.25, -0.2) is 0 Å². The lowest BCUT2D eigenvalue weighted by Gasteiger charge is -2.14. The SMILES string of the molecule is CC/C=C/C1(C(N)C(=O)O)CC1. The molecule has 3 N–H and O–H groups in total. The van der Waals surface area contributed by atoms with Crippen LogP contribution in [0.15, 0.2) is 12.2 Å². The first-order valence-corrected chi connectivity index (χ1v) is 4.28. The minimum atomic E-state index is -0.895. The van der Waals surface area contributed by atoms with Gasteiger partial charge in [0.1, 0.15) is 6.04 Å². The zero-order valence-corrected chi connectivity index (χ0v) is 7.29. The molecular weight excluding hydrogens is 154 g/mol. The third kappa shape index (κ3) is 1.67. The fourth-order valence-corrected chi connectivity index (χ4v) is 1.32. The van der Waals surface area contributed by atoms with Crippen molar-refractivity contribution in [1.29, 1.82) is 0 Å². The van der Waals surface area contributed by atoms with E-state index in [0.29, 0.717) is 0 Å². The normalized spacial score (nSPS) is 22.5. The molecule has 1 saturated carbocycles. The summed E-state index contributed by atoms with van der Waals surface area (Å²) in [6.45, 7) is 2.03. The van der Waals surface area contributed by atoms with Gasteiger partial charge in [0.05, 0.1) is 0 Å². The number of nitrogens with two attached hydrogens (primary N) is 1. The molecule has 0 aromatic carbocycles. The van der Waals surface area contributed by atoms with Crippen LogP contribution in [0.4, 0.5) is 0 Å². The molecule has 68 valence electrons. The Morgan fingerprint density at radius 3 is 2.67 bits per heavy atom. The summed E-state index contributed by atoms with van der Waals surface area (Å²) in [4.78, 5) is 10.6. The van der Waals surface area contributed by atoms with Crippen LogP contribution in [-0.4, -0.2) is 17.1 Å². The highest BCUT2D eigenvalue weighted by atomic mass is 16.4. The van der Waals surface area contributed by atoms with Crippen molar-refractivity contribution in [3.8, 4) is 0 Å². The first kappa shape index (κ1) is 9.26. The number of allylic oxidation sites excluding steroid dienone is 1. The molecule has 0 saturated heterocycles. The van der Waals surface area contributed by atoms with Crippen LogP contribution in [0.25, 0.3) is 0 Å². The minimum Gasteiger partial charge on any atom is -0.480 e. The molecule has 0 radical (unpaired) electrons. The molecule has 3 heteroatoms. The van der Waals surface area contributed by atoms with Crippen molar-refractivity contribution in [2.75, 3.05) is 0 Å². The van der Waals surface area contributed by atoms with Gasteiger partial charge in [-0.3, -0.25) is 4.79 Å². The minimum absolute atomic E-state index is 0.220. The van der Waals surface area contributed by atoms with Crippen LogP contribution in [0.2, 0.25) is 0 Å². The maximum Gasteiger partial charge on any atom is 0.321 e. The number of hydrogen-bond acceptors (Lipinski definition) is 2. The van der Waals surface area contributed by atoms with Crippen molar-refractivity contribution in [2.45, 2.75) is 32.2 Å². The fraction of sp³-hybridized carbons (Fsp3) is 0.667. The standard InChI is InChI=1S/C9H15NO2/c1-2-3-4-9(5-6-9)7(10)8(11)12/h3-4,7H,2,5-6,10H2,1H3,(H,11,12)/b4-3+. The van der Waals surface area contributed by atoms with Crippen LogP contribution in [-0.2, 0) is 4.79 Å². The van der Waals surface area contributed by atoms with Gasteiger partial charge < -0.3 is 10.8 Å². The molecule has 0 aromatic heterocycles. The predicted octanol–water partition coefficient (Wildman–Crippen LogP) is 1.14. The molecule has 1 atom stereocenters. The second-order valence-corrected chi connectivity index (χ2v) is 3.36. The van der Waals surface area contributed by atoms with Crippen LogP contribution >= 0.6 is 0 Å². The van der Waals surface area contributed by atoms with Crippen LogP contribution < -0.4 is 5.73 Å². The van der Waals surface area contributed by atoms with Gasteiger partial charge in [0.25, 0.3) is 0 Å². The van der Waals surface area contributed by atoms with Crippen molar-refractivity contribution in [3.63, 3.8) is 0 Å². The molecule has 1 rings (SSSR count). The third-order valence-corrected chi connectivity index (χ3v) is 2.40. The summed E-state index contributed by atoms with van der Waals surface area (Å²) in [7, 11) is 0. The van der Waals surface area contributed by atoms with Crippen molar-refractivity contribution in [2.24, 2.45) is 11.1 Å². The second kappa shape index (κ2) is 3.27. The first-order valence-electron chi connectivity index (χ1n) is 4.28. The zero-order chi connectivity index (χ0) is 9.19. The Morgan fingerprint density at radius 1 is 1.75 bits per heavy atom. The second-order valence-electron chi connectivity index (χ2n) is 3.36. The van der Waals surface area contributed by atoms with Crippen molar-refractivity contribution < 1.29 is 9.90 Å². The quantitative estimate of drug-likeness (QED) is 0.620. The molecule has 1 unspecified atom stereocenters. The van der Waals surface area contributed by atoms with Gasteiger partial charge in [-0.2, -0.15) is 0 Å². The molecule has 0 bridgehead atoms. The number of aliphatic carboxylic acids is 1. The van der Waals surface area contributed by atoms with E-state index in [-0.39, 0.29) is 5.41 Å². The van der Waals surface area contributed by atoms with Crippen molar-refractivity contribution in [1.82, 2.24) is 0 Å². The molecule has 12 heavy (non-hydrogen) atoms. The Kier molecular flexibility index (Phi) is 2.52. The zero-order valence-electron chi connectivity index (χ0n) is 7.29. The monoisotopic (exact) mass is 169 g/mol. The number of hydrogen-bond donors (Lipinski definition) is 2.